The minimum absolute atomic E-state index is 0.102. The van der Waals surface area contributed by atoms with Crippen LogP contribution in [-0.4, -0.2) is 34.5 Å². The number of nitrogens with one attached hydrogen (secondary N) is 1. The molecule has 3 nitrogen and oxygen atoms in total. The third-order valence-electron chi connectivity index (χ3n) is 5.62. The van der Waals surface area contributed by atoms with Crippen LogP contribution in [0.15, 0.2) is 0 Å². The molecule has 1 aliphatic heterocycles. The molecule has 2 aliphatic rings. The summed E-state index contributed by atoms with van der Waals surface area (Å²) in [5.41, 5.74) is 0.203. The predicted molar refractivity (Wildman–Crippen MR) is 97.5 cm³/mol. The van der Waals surface area contributed by atoms with E-state index in [1.165, 1.54) is 25.7 Å². The molecule has 0 spiro atoms. The van der Waals surface area contributed by atoms with Gasteiger partial charge < -0.3 is 10.2 Å². The number of nitrogens with zero attached hydrogens (tertiary/aromatic N) is 1. The molecular weight excluding hydrogens is 284 g/mol. The van der Waals surface area contributed by atoms with Gasteiger partial charge in [-0.05, 0) is 65.7 Å². The van der Waals surface area contributed by atoms with Crippen LogP contribution in [-0.2, 0) is 4.79 Å². The van der Waals surface area contributed by atoms with Gasteiger partial charge in [-0.1, -0.05) is 26.2 Å². The summed E-state index contributed by atoms with van der Waals surface area (Å²) in [7, 11) is 0. The molecule has 1 amide bonds. The van der Waals surface area contributed by atoms with Gasteiger partial charge in [-0.2, -0.15) is 0 Å². The fourth-order valence-electron chi connectivity index (χ4n) is 4.91. The molecule has 1 aliphatic carbocycles. The van der Waals surface area contributed by atoms with Crippen molar-refractivity contribution in [2.75, 3.05) is 6.54 Å². The van der Waals surface area contributed by atoms with E-state index >= 15 is 0 Å². The number of carbonyl (C=O) groups excluding carboxylic acids is 1. The molecule has 2 fully saturated rings. The number of amides is 1. The van der Waals surface area contributed by atoms with Crippen LogP contribution in [0.4, 0.5) is 0 Å². The zero-order chi connectivity index (χ0) is 17.1. The van der Waals surface area contributed by atoms with E-state index in [0.29, 0.717) is 17.9 Å². The quantitative estimate of drug-likeness (QED) is 0.780. The lowest BCUT2D eigenvalue weighted by Crippen LogP contribution is -2.63. The zero-order valence-corrected chi connectivity index (χ0v) is 16.1. The molecule has 3 heteroatoms. The van der Waals surface area contributed by atoms with Crippen molar-refractivity contribution >= 4 is 5.91 Å². The van der Waals surface area contributed by atoms with Gasteiger partial charge in [-0.25, -0.2) is 0 Å². The Morgan fingerprint density at radius 2 is 1.65 bits per heavy atom. The van der Waals surface area contributed by atoms with Crippen molar-refractivity contribution in [1.29, 1.82) is 0 Å². The van der Waals surface area contributed by atoms with E-state index < -0.39 is 0 Å². The second kappa shape index (κ2) is 7.55. The molecule has 0 aromatic rings. The zero-order valence-electron chi connectivity index (χ0n) is 16.1. The Balaban J connectivity index is 2.07. The van der Waals surface area contributed by atoms with E-state index in [-0.39, 0.29) is 11.1 Å². The monoisotopic (exact) mass is 322 g/mol. The molecule has 1 heterocycles. The summed E-state index contributed by atoms with van der Waals surface area (Å²) in [4.78, 5) is 15.3. The summed E-state index contributed by atoms with van der Waals surface area (Å²) < 4.78 is 0. The average Bonchev–Trinajstić information content (AvgIpc) is 2.88. The summed E-state index contributed by atoms with van der Waals surface area (Å²) in [5.74, 6) is 1.07. The maximum absolute atomic E-state index is 13.0. The fraction of sp³-hybridized carbons (Fsp3) is 0.950. The highest BCUT2D eigenvalue weighted by Gasteiger charge is 2.41. The van der Waals surface area contributed by atoms with Crippen LogP contribution in [0, 0.1) is 5.92 Å². The number of hydrogen-bond acceptors (Lipinski definition) is 2. The maximum Gasteiger partial charge on any atom is 0.223 e. The summed E-state index contributed by atoms with van der Waals surface area (Å²) in [6.45, 7) is 12.3. The van der Waals surface area contributed by atoms with Crippen molar-refractivity contribution < 1.29 is 4.79 Å². The van der Waals surface area contributed by atoms with Crippen LogP contribution in [0.3, 0.4) is 0 Å². The van der Waals surface area contributed by atoms with Gasteiger partial charge in [-0.3, -0.25) is 4.79 Å². The van der Waals surface area contributed by atoms with E-state index in [4.69, 9.17) is 0 Å². The Morgan fingerprint density at radius 1 is 1.09 bits per heavy atom. The van der Waals surface area contributed by atoms with Crippen LogP contribution in [0.25, 0.3) is 0 Å². The minimum Gasteiger partial charge on any atom is -0.340 e. The Hall–Kier alpha value is -0.570. The van der Waals surface area contributed by atoms with Crippen molar-refractivity contribution in [3.05, 3.63) is 0 Å². The first-order valence-electron chi connectivity index (χ1n) is 9.81. The average molecular weight is 323 g/mol. The molecule has 1 saturated carbocycles. The normalized spacial score (nSPS) is 24.7. The first kappa shape index (κ1) is 18.8. The Morgan fingerprint density at radius 3 is 2.17 bits per heavy atom. The fourth-order valence-corrected chi connectivity index (χ4v) is 4.91. The van der Waals surface area contributed by atoms with Crippen molar-refractivity contribution in [1.82, 2.24) is 10.2 Å². The van der Waals surface area contributed by atoms with Gasteiger partial charge in [0.25, 0.3) is 0 Å². The van der Waals surface area contributed by atoms with Gasteiger partial charge in [0.1, 0.15) is 0 Å². The van der Waals surface area contributed by atoms with Crippen molar-refractivity contribution in [3.8, 4) is 0 Å². The molecule has 1 saturated heterocycles. The number of rotatable bonds is 6. The van der Waals surface area contributed by atoms with Gasteiger partial charge in [0.15, 0.2) is 0 Å². The molecule has 0 aromatic carbocycles. The summed E-state index contributed by atoms with van der Waals surface area (Å²) in [6, 6.07) is 0.390. The highest BCUT2D eigenvalue weighted by molar-refractivity contribution is 5.77. The molecular formula is C20H38N2O. The van der Waals surface area contributed by atoms with Gasteiger partial charge >= 0.3 is 0 Å². The van der Waals surface area contributed by atoms with Gasteiger partial charge in [0.2, 0.25) is 5.91 Å². The minimum atomic E-state index is 0.102. The SMILES string of the molecule is CCCCN(C(=O)CC1CCCC1)C1CC(C)(C)NC(C)(C)C1. The molecule has 0 unspecified atom stereocenters. The predicted octanol–water partition coefficient (Wildman–Crippen LogP) is 4.50. The summed E-state index contributed by atoms with van der Waals surface area (Å²) in [5, 5.41) is 3.75. The van der Waals surface area contributed by atoms with Gasteiger partial charge in [0.05, 0.1) is 0 Å². The summed E-state index contributed by atoms with van der Waals surface area (Å²) in [6.07, 6.45) is 10.4. The van der Waals surface area contributed by atoms with Crippen molar-refractivity contribution in [3.63, 3.8) is 0 Å². The lowest BCUT2D eigenvalue weighted by atomic mass is 9.78. The maximum atomic E-state index is 13.0. The highest BCUT2D eigenvalue weighted by atomic mass is 16.2. The number of unbranched alkanes of at least 4 members (excludes halogenated alkanes) is 1. The molecule has 1 N–H and O–H groups in total. The Bertz CT molecular complexity index is 380. The summed E-state index contributed by atoms with van der Waals surface area (Å²) >= 11 is 0. The van der Waals surface area contributed by atoms with Gasteiger partial charge in [0, 0.05) is 30.1 Å². The standard InChI is InChI=1S/C20H38N2O/c1-6-7-12-22(18(23)13-16-10-8-9-11-16)17-14-19(2,3)21-20(4,5)15-17/h16-17,21H,6-15H2,1-5H3. The van der Waals surface area contributed by atoms with Gasteiger partial charge in [-0.15, -0.1) is 0 Å². The largest absolute Gasteiger partial charge is 0.340 e. The first-order valence-corrected chi connectivity index (χ1v) is 9.81. The van der Waals surface area contributed by atoms with Crippen LogP contribution in [0.2, 0.25) is 0 Å². The lowest BCUT2D eigenvalue weighted by Gasteiger charge is -2.49. The smallest absolute Gasteiger partial charge is 0.223 e. The molecule has 0 radical (unpaired) electrons. The lowest BCUT2D eigenvalue weighted by molar-refractivity contribution is -0.136. The highest BCUT2D eigenvalue weighted by Crippen LogP contribution is 2.34. The number of piperidine rings is 1. The van der Waals surface area contributed by atoms with Crippen molar-refractivity contribution in [2.24, 2.45) is 5.92 Å². The Kier molecular flexibility index (Phi) is 6.16. The van der Waals surface area contributed by atoms with Crippen LogP contribution in [0.1, 0.15) is 92.4 Å². The molecule has 0 bridgehead atoms. The van der Waals surface area contributed by atoms with Crippen molar-refractivity contribution in [2.45, 2.75) is 110 Å². The van der Waals surface area contributed by atoms with Crippen LogP contribution >= 0.6 is 0 Å². The molecule has 134 valence electrons. The number of hydrogen-bond donors (Lipinski definition) is 1. The topological polar surface area (TPSA) is 32.3 Å². The Labute approximate surface area is 143 Å². The molecule has 23 heavy (non-hydrogen) atoms. The van der Waals surface area contributed by atoms with E-state index in [0.717, 1.165) is 38.6 Å². The van der Waals surface area contributed by atoms with E-state index in [1.54, 1.807) is 0 Å². The third-order valence-corrected chi connectivity index (χ3v) is 5.62. The van der Waals surface area contributed by atoms with E-state index in [9.17, 15) is 4.79 Å². The second-order valence-electron chi connectivity index (χ2n) is 9.25. The molecule has 0 atom stereocenters. The third kappa shape index (κ3) is 5.48. The molecule has 0 aromatic heterocycles. The van der Waals surface area contributed by atoms with E-state index in [1.807, 2.05) is 0 Å². The van der Waals surface area contributed by atoms with E-state index in [2.05, 4.69) is 44.8 Å². The van der Waals surface area contributed by atoms with Crippen LogP contribution in [0.5, 0.6) is 0 Å². The number of carbonyl (C=O) groups is 1. The molecule has 2 rings (SSSR count). The second-order valence-corrected chi connectivity index (χ2v) is 9.25. The van der Waals surface area contributed by atoms with Crippen LogP contribution < -0.4 is 5.32 Å². The first-order chi connectivity index (χ1) is 10.7.